The summed E-state index contributed by atoms with van der Waals surface area (Å²) in [4.78, 5) is 3.47. The Bertz CT molecular complexity index is 381. The van der Waals surface area contributed by atoms with E-state index in [9.17, 15) is 13.2 Å². The number of hydrogen-bond acceptors (Lipinski definition) is 3. The Morgan fingerprint density at radius 3 is 2.50 bits per heavy atom. The van der Waals surface area contributed by atoms with Crippen LogP contribution in [0.25, 0.3) is 0 Å². The zero-order valence-electron chi connectivity index (χ0n) is 9.54. The summed E-state index contributed by atoms with van der Waals surface area (Å²) in [6, 6.07) is 3.71. The third-order valence-electron chi connectivity index (χ3n) is 2.59. The molecule has 102 valence electrons. The quantitative estimate of drug-likeness (QED) is 0.905. The third kappa shape index (κ3) is 4.03. The van der Waals surface area contributed by atoms with E-state index < -0.39 is 11.9 Å². The van der Waals surface area contributed by atoms with Crippen molar-refractivity contribution in [3.8, 4) is 5.88 Å². The summed E-state index contributed by atoms with van der Waals surface area (Å²) in [6.07, 6.45) is -2.89. The van der Waals surface area contributed by atoms with Crippen molar-refractivity contribution < 1.29 is 17.9 Å². The number of halogens is 4. The average molecular weight is 283 g/mol. The van der Waals surface area contributed by atoms with Gasteiger partial charge in [-0.3, -0.25) is 0 Å². The van der Waals surface area contributed by atoms with Gasteiger partial charge < -0.3 is 10.1 Å². The number of nitrogens with zero attached hydrogens (tertiary/aromatic N) is 1. The van der Waals surface area contributed by atoms with Gasteiger partial charge in [-0.2, -0.15) is 13.2 Å². The normalized spacial score (nSPS) is 17.1. The molecule has 0 unspecified atom stereocenters. The first-order chi connectivity index (χ1) is 8.05. The van der Waals surface area contributed by atoms with E-state index in [0.717, 1.165) is 32.0 Å². The van der Waals surface area contributed by atoms with E-state index in [2.05, 4.69) is 10.3 Å². The van der Waals surface area contributed by atoms with Crippen molar-refractivity contribution >= 4 is 12.4 Å². The molecule has 1 fully saturated rings. The van der Waals surface area contributed by atoms with Crippen LogP contribution in [-0.4, -0.2) is 24.2 Å². The number of rotatable bonds is 2. The Labute approximate surface area is 109 Å². The van der Waals surface area contributed by atoms with Gasteiger partial charge in [-0.25, -0.2) is 4.98 Å². The Morgan fingerprint density at radius 2 is 1.89 bits per heavy atom. The molecule has 0 aromatic carbocycles. The Balaban J connectivity index is 0.00000162. The van der Waals surface area contributed by atoms with E-state index in [1.54, 1.807) is 0 Å². The summed E-state index contributed by atoms with van der Waals surface area (Å²) in [7, 11) is 0. The fourth-order valence-corrected chi connectivity index (χ4v) is 1.72. The predicted molar refractivity (Wildman–Crippen MR) is 63.0 cm³/mol. The molecule has 1 N–H and O–H groups in total. The second-order valence-electron chi connectivity index (χ2n) is 3.93. The Morgan fingerprint density at radius 1 is 1.22 bits per heavy atom. The molecule has 18 heavy (non-hydrogen) atoms. The molecule has 0 radical (unpaired) electrons. The van der Waals surface area contributed by atoms with Gasteiger partial charge in [0.05, 0.1) is 0 Å². The Hall–Kier alpha value is -1.01. The molecular formula is C11H14ClF3N2O. The van der Waals surface area contributed by atoms with Crippen LogP contribution in [-0.2, 0) is 6.18 Å². The first-order valence-corrected chi connectivity index (χ1v) is 5.47. The second-order valence-corrected chi connectivity index (χ2v) is 3.93. The number of alkyl halides is 3. The van der Waals surface area contributed by atoms with Gasteiger partial charge >= 0.3 is 6.18 Å². The van der Waals surface area contributed by atoms with Crippen LogP contribution in [0.15, 0.2) is 18.2 Å². The smallest absolute Gasteiger partial charge is 0.433 e. The molecule has 3 nitrogen and oxygen atoms in total. The lowest BCUT2D eigenvalue weighted by Gasteiger charge is -2.23. The highest BCUT2D eigenvalue weighted by atomic mass is 35.5. The molecular weight excluding hydrogens is 269 g/mol. The monoisotopic (exact) mass is 282 g/mol. The van der Waals surface area contributed by atoms with Crippen molar-refractivity contribution in [3.63, 3.8) is 0 Å². The standard InChI is InChI=1S/C11H13F3N2O.ClH/c12-11(13,14)9-2-1-3-10(16-9)17-8-4-6-15-7-5-8;/h1-3,8,15H,4-7H2;1H. The number of aromatic nitrogens is 1. The van der Waals surface area contributed by atoms with Gasteiger partial charge in [0.15, 0.2) is 0 Å². The van der Waals surface area contributed by atoms with E-state index >= 15 is 0 Å². The van der Waals surface area contributed by atoms with Crippen molar-refractivity contribution in [1.82, 2.24) is 10.3 Å². The minimum absolute atomic E-state index is 0. The molecule has 0 amide bonds. The molecule has 1 aromatic heterocycles. The van der Waals surface area contributed by atoms with E-state index in [0.29, 0.717) is 0 Å². The van der Waals surface area contributed by atoms with Crippen molar-refractivity contribution in [2.75, 3.05) is 13.1 Å². The summed E-state index contributed by atoms with van der Waals surface area (Å²) in [6.45, 7) is 1.65. The van der Waals surface area contributed by atoms with E-state index in [1.165, 1.54) is 12.1 Å². The van der Waals surface area contributed by atoms with Gasteiger partial charge in [-0.1, -0.05) is 6.07 Å². The SMILES string of the molecule is Cl.FC(F)(F)c1cccc(OC2CCNCC2)n1. The molecule has 7 heteroatoms. The number of piperidine rings is 1. The van der Waals surface area contributed by atoms with Crippen molar-refractivity contribution in [2.24, 2.45) is 0 Å². The highest BCUT2D eigenvalue weighted by Gasteiger charge is 2.32. The van der Waals surface area contributed by atoms with Gasteiger partial charge in [0.25, 0.3) is 0 Å². The van der Waals surface area contributed by atoms with E-state index in [4.69, 9.17) is 4.74 Å². The molecule has 1 aromatic rings. The van der Waals surface area contributed by atoms with Crippen LogP contribution in [0.4, 0.5) is 13.2 Å². The van der Waals surface area contributed by atoms with Crippen LogP contribution in [0, 0.1) is 0 Å². The fourth-order valence-electron chi connectivity index (χ4n) is 1.72. The lowest BCUT2D eigenvalue weighted by molar-refractivity contribution is -0.141. The first-order valence-electron chi connectivity index (χ1n) is 5.47. The highest BCUT2D eigenvalue weighted by molar-refractivity contribution is 5.85. The molecule has 2 heterocycles. The van der Waals surface area contributed by atoms with Gasteiger partial charge in [0.2, 0.25) is 5.88 Å². The average Bonchev–Trinajstić information content (AvgIpc) is 2.29. The zero-order valence-corrected chi connectivity index (χ0v) is 10.4. The summed E-state index contributed by atoms with van der Waals surface area (Å²) >= 11 is 0. The molecule has 1 saturated heterocycles. The lowest BCUT2D eigenvalue weighted by Crippen LogP contribution is -2.34. The van der Waals surface area contributed by atoms with E-state index in [1.807, 2.05) is 0 Å². The molecule has 0 aliphatic carbocycles. The van der Waals surface area contributed by atoms with Crippen LogP contribution in [0.3, 0.4) is 0 Å². The second kappa shape index (κ2) is 6.24. The number of nitrogens with one attached hydrogen (secondary N) is 1. The van der Waals surface area contributed by atoms with Crippen LogP contribution in [0.2, 0.25) is 0 Å². The molecule has 1 aliphatic rings. The number of ether oxygens (including phenoxy) is 1. The minimum Gasteiger partial charge on any atom is -0.474 e. The van der Waals surface area contributed by atoms with Gasteiger partial charge in [0.1, 0.15) is 11.8 Å². The summed E-state index contributed by atoms with van der Waals surface area (Å²) in [5.41, 5.74) is -0.913. The van der Waals surface area contributed by atoms with Crippen LogP contribution >= 0.6 is 12.4 Å². The van der Waals surface area contributed by atoms with Gasteiger partial charge in [-0.15, -0.1) is 12.4 Å². The molecule has 2 rings (SSSR count). The zero-order chi connectivity index (χ0) is 12.3. The summed E-state index contributed by atoms with van der Waals surface area (Å²) in [5.74, 6) is 0.0479. The number of hydrogen-bond donors (Lipinski definition) is 1. The maximum Gasteiger partial charge on any atom is 0.433 e. The topological polar surface area (TPSA) is 34.1 Å². The van der Waals surface area contributed by atoms with Gasteiger partial charge in [0, 0.05) is 6.07 Å². The summed E-state index contributed by atoms with van der Waals surface area (Å²) < 4.78 is 42.7. The first kappa shape index (κ1) is 15.0. The molecule has 0 saturated carbocycles. The summed E-state index contributed by atoms with van der Waals surface area (Å²) in [5, 5.41) is 3.16. The predicted octanol–water partition coefficient (Wildman–Crippen LogP) is 2.65. The van der Waals surface area contributed by atoms with E-state index in [-0.39, 0.29) is 24.4 Å². The molecule has 0 atom stereocenters. The maximum atomic E-state index is 12.4. The molecule has 0 bridgehead atoms. The van der Waals surface area contributed by atoms with Gasteiger partial charge in [-0.05, 0) is 32.0 Å². The highest BCUT2D eigenvalue weighted by Crippen LogP contribution is 2.29. The van der Waals surface area contributed by atoms with Crippen LogP contribution < -0.4 is 10.1 Å². The fraction of sp³-hybridized carbons (Fsp3) is 0.545. The maximum absolute atomic E-state index is 12.4. The van der Waals surface area contributed by atoms with Crippen molar-refractivity contribution in [1.29, 1.82) is 0 Å². The lowest BCUT2D eigenvalue weighted by atomic mass is 10.1. The number of pyridine rings is 1. The van der Waals surface area contributed by atoms with Crippen LogP contribution in [0.5, 0.6) is 5.88 Å². The largest absolute Gasteiger partial charge is 0.474 e. The van der Waals surface area contributed by atoms with Crippen LogP contribution in [0.1, 0.15) is 18.5 Å². The minimum atomic E-state index is -4.42. The molecule has 0 spiro atoms. The Kier molecular flexibility index (Phi) is 5.22. The van der Waals surface area contributed by atoms with Crippen molar-refractivity contribution in [2.45, 2.75) is 25.1 Å². The van der Waals surface area contributed by atoms with Crippen molar-refractivity contribution in [3.05, 3.63) is 23.9 Å². The molecule has 1 aliphatic heterocycles. The third-order valence-corrected chi connectivity index (χ3v) is 2.59.